The van der Waals surface area contributed by atoms with E-state index in [0.29, 0.717) is 12.0 Å². The van der Waals surface area contributed by atoms with E-state index >= 15 is 0 Å². The zero-order valence-electron chi connectivity index (χ0n) is 12.1. The molecule has 2 fully saturated rings. The van der Waals surface area contributed by atoms with Crippen LogP contribution >= 0.6 is 0 Å². The summed E-state index contributed by atoms with van der Waals surface area (Å²) < 4.78 is 5.93. The molecule has 19 heavy (non-hydrogen) atoms. The number of ether oxygens (including phenoxy) is 1. The van der Waals surface area contributed by atoms with Crippen LogP contribution in [0.4, 0.5) is 0 Å². The number of hydrogen-bond donors (Lipinski definition) is 2. The molecule has 0 aromatic heterocycles. The maximum Gasteiger partial charge on any atom is 0.249 e. The van der Waals surface area contributed by atoms with Gasteiger partial charge >= 0.3 is 0 Å². The van der Waals surface area contributed by atoms with Gasteiger partial charge in [-0.15, -0.1) is 0 Å². The van der Waals surface area contributed by atoms with E-state index in [1.165, 1.54) is 25.7 Å². The predicted octanol–water partition coefficient (Wildman–Crippen LogP) is 1.84. The van der Waals surface area contributed by atoms with Gasteiger partial charge in [-0.05, 0) is 51.1 Å². The lowest BCUT2D eigenvalue weighted by atomic mass is 10.00. The van der Waals surface area contributed by atoms with Gasteiger partial charge in [-0.1, -0.05) is 19.8 Å². The number of nitrogens with one attached hydrogen (secondary N) is 2. The van der Waals surface area contributed by atoms with Crippen LogP contribution in [0.15, 0.2) is 0 Å². The summed E-state index contributed by atoms with van der Waals surface area (Å²) in [5.41, 5.74) is 0. The maximum atomic E-state index is 12.1. The molecule has 0 spiro atoms. The average Bonchev–Trinajstić information content (AvgIpc) is 2.96. The van der Waals surface area contributed by atoms with Crippen molar-refractivity contribution in [2.24, 2.45) is 5.92 Å². The Kier molecular flexibility index (Phi) is 6.11. The molecular weight excluding hydrogens is 240 g/mol. The Labute approximate surface area is 116 Å². The van der Waals surface area contributed by atoms with Crippen LogP contribution in [0.25, 0.3) is 0 Å². The van der Waals surface area contributed by atoms with E-state index in [0.717, 1.165) is 38.9 Å². The second-order valence-corrected chi connectivity index (χ2v) is 5.90. The molecule has 0 aromatic carbocycles. The number of rotatable bonds is 6. The molecular formula is C15H28N2O2. The minimum absolute atomic E-state index is 0.0833. The van der Waals surface area contributed by atoms with Crippen molar-refractivity contribution < 1.29 is 9.53 Å². The van der Waals surface area contributed by atoms with E-state index in [4.69, 9.17) is 4.74 Å². The van der Waals surface area contributed by atoms with Gasteiger partial charge in [0.1, 0.15) is 6.10 Å². The molecule has 1 saturated carbocycles. The van der Waals surface area contributed by atoms with Crippen molar-refractivity contribution in [1.29, 1.82) is 0 Å². The third kappa shape index (κ3) is 4.77. The zero-order valence-corrected chi connectivity index (χ0v) is 12.1. The number of piperidine rings is 1. The predicted molar refractivity (Wildman–Crippen MR) is 76.0 cm³/mol. The van der Waals surface area contributed by atoms with Gasteiger partial charge in [-0.3, -0.25) is 4.79 Å². The van der Waals surface area contributed by atoms with E-state index in [1.54, 1.807) is 0 Å². The van der Waals surface area contributed by atoms with Crippen LogP contribution in [0.1, 0.15) is 51.9 Å². The van der Waals surface area contributed by atoms with Crippen molar-refractivity contribution >= 4 is 5.91 Å². The van der Waals surface area contributed by atoms with Gasteiger partial charge in [0, 0.05) is 6.54 Å². The third-order valence-electron chi connectivity index (χ3n) is 4.29. The van der Waals surface area contributed by atoms with Gasteiger partial charge in [0.2, 0.25) is 5.91 Å². The van der Waals surface area contributed by atoms with Crippen LogP contribution in [0, 0.1) is 5.92 Å². The fraction of sp³-hybridized carbons (Fsp3) is 0.933. The zero-order chi connectivity index (χ0) is 13.5. The van der Waals surface area contributed by atoms with Crippen molar-refractivity contribution in [3.63, 3.8) is 0 Å². The van der Waals surface area contributed by atoms with Crippen LogP contribution in [-0.4, -0.2) is 37.7 Å². The molecule has 2 N–H and O–H groups in total. The molecule has 4 nitrogen and oxygen atoms in total. The van der Waals surface area contributed by atoms with Crippen molar-refractivity contribution in [1.82, 2.24) is 10.6 Å². The first-order valence-corrected chi connectivity index (χ1v) is 7.93. The summed E-state index contributed by atoms with van der Waals surface area (Å²) in [7, 11) is 0. The smallest absolute Gasteiger partial charge is 0.249 e. The largest absolute Gasteiger partial charge is 0.365 e. The van der Waals surface area contributed by atoms with Gasteiger partial charge in [0.25, 0.3) is 0 Å². The molecule has 1 aliphatic heterocycles. The van der Waals surface area contributed by atoms with E-state index in [9.17, 15) is 4.79 Å². The van der Waals surface area contributed by atoms with Crippen LogP contribution in [0.2, 0.25) is 0 Å². The van der Waals surface area contributed by atoms with Gasteiger partial charge in [-0.25, -0.2) is 0 Å². The van der Waals surface area contributed by atoms with Crippen molar-refractivity contribution in [2.75, 3.05) is 19.6 Å². The number of carbonyl (C=O) groups excluding carboxylic acids is 1. The summed E-state index contributed by atoms with van der Waals surface area (Å²) >= 11 is 0. The third-order valence-corrected chi connectivity index (χ3v) is 4.29. The Hall–Kier alpha value is -0.610. The first kappa shape index (κ1) is 14.8. The highest BCUT2D eigenvalue weighted by Crippen LogP contribution is 2.23. The first-order valence-electron chi connectivity index (χ1n) is 7.93. The molecule has 2 aliphatic rings. The molecule has 0 radical (unpaired) electrons. The van der Waals surface area contributed by atoms with Crippen LogP contribution in [-0.2, 0) is 9.53 Å². The number of amides is 1. The Bertz CT molecular complexity index is 271. The summed E-state index contributed by atoms with van der Waals surface area (Å²) in [4.78, 5) is 12.1. The molecule has 2 rings (SSSR count). The van der Waals surface area contributed by atoms with Crippen molar-refractivity contribution in [2.45, 2.75) is 64.1 Å². The molecule has 0 aromatic rings. The Morgan fingerprint density at radius 3 is 2.74 bits per heavy atom. The summed E-state index contributed by atoms with van der Waals surface area (Å²) in [6.07, 6.45) is 8.00. The number of carbonyl (C=O) groups is 1. The van der Waals surface area contributed by atoms with Gasteiger partial charge in [0.15, 0.2) is 0 Å². The highest BCUT2D eigenvalue weighted by molar-refractivity contribution is 5.80. The summed E-state index contributed by atoms with van der Waals surface area (Å²) in [5, 5.41) is 6.45. The molecule has 2 unspecified atom stereocenters. The molecule has 0 bridgehead atoms. The topological polar surface area (TPSA) is 50.4 Å². The van der Waals surface area contributed by atoms with Crippen LogP contribution in [0.3, 0.4) is 0 Å². The second-order valence-electron chi connectivity index (χ2n) is 5.90. The second kappa shape index (κ2) is 7.85. The van der Waals surface area contributed by atoms with Crippen LogP contribution in [0.5, 0.6) is 0 Å². The van der Waals surface area contributed by atoms with E-state index in [2.05, 4.69) is 10.6 Å². The Morgan fingerprint density at radius 2 is 2.11 bits per heavy atom. The molecule has 110 valence electrons. The minimum Gasteiger partial charge on any atom is -0.365 e. The highest BCUT2D eigenvalue weighted by atomic mass is 16.5. The molecule has 2 atom stereocenters. The quantitative estimate of drug-likeness (QED) is 0.773. The standard InChI is InChI=1S/C15H28N2O2/c1-2-14(19-13-7-3-4-8-13)15(18)17-11-12-6-5-9-16-10-12/h12-14,16H,2-11H2,1H3,(H,17,18). The van der Waals surface area contributed by atoms with E-state index in [-0.39, 0.29) is 12.0 Å². The lowest BCUT2D eigenvalue weighted by Gasteiger charge is -2.25. The maximum absolute atomic E-state index is 12.1. The van der Waals surface area contributed by atoms with E-state index < -0.39 is 0 Å². The first-order chi connectivity index (χ1) is 9.29. The van der Waals surface area contributed by atoms with Crippen LogP contribution < -0.4 is 10.6 Å². The fourth-order valence-electron chi connectivity index (χ4n) is 3.06. The fourth-order valence-corrected chi connectivity index (χ4v) is 3.06. The molecule has 1 aliphatic carbocycles. The minimum atomic E-state index is -0.250. The lowest BCUT2D eigenvalue weighted by Crippen LogP contribution is -2.43. The van der Waals surface area contributed by atoms with Gasteiger partial charge < -0.3 is 15.4 Å². The average molecular weight is 268 g/mol. The normalized spacial score (nSPS) is 26.3. The lowest BCUT2D eigenvalue weighted by molar-refractivity contribution is -0.137. The molecule has 1 saturated heterocycles. The van der Waals surface area contributed by atoms with Crippen molar-refractivity contribution in [3.8, 4) is 0 Å². The summed E-state index contributed by atoms with van der Waals surface area (Å²) in [6, 6.07) is 0. The molecule has 1 amide bonds. The Balaban J connectivity index is 1.69. The highest BCUT2D eigenvalue weighted by Gasteiger charge is 2.24. The SMILES string of the molecule is CCC(OC1CCCC1)C(=O)NCC1CCCNC1. The van der Waals surface area contributed by atoms with Gasteiger partial charge in [-0.2, -0.15) is 0 Å². The van der Waals surface area contributed by atoms with E-state index in [1.807, 2.05) is 6.92 Å². The summed E-state index contributed by atoms with van der Waals surface area (Å²) in [5.74, 6) is 0.668. The van der Waals surface area contributed by atoms with Gasteiger partial charge in [0.05, 0.1) is 6.10 Å². The monoisotopic (exact) mass is 268 g/mol. The molecule has 4 heteroatoms. The Morgan fingerprint density at radius 1 is 1.32 bits per heavy atom. The van der Waals surface area contributed by atoms with Crippen molar-refractivity contribution in [3.05, 3.63) is 0 Å². The molecule has 1 heterocycles. The summed E-state index contributed by atoms with van der Waals surface area (Å²) in [6.45, 7) is 4.96. The number of hydrogen-bond acceptors (Lipinski definition) is 3.